The van der Waals surface area contributed by atoms with Crippen molar-refractivity contribution in [3.63, 3.8) is 0 Å². The van der Waals surface area contributed by atoms with E-state index >= 15 is 0 Å². The second kappa shape index (κ2) is 13.4. The molecular weight excluding hydrogens is 496 g/mol. The van der Waals surface area contributed by atoms with Crippen molar-refractivity contribution in [2.75, 3.05) is 0 Å². The Balaban J connectivity index is 2.47. The lowest BCUT2D eigenvalue weighted by Gasteiger charge is -2.28. The average molecular weight is 545 g/mol. The molecular formula is C36H48O4. The third kappa shape index (κ3) is 6.37. The predicted octanol–water partition coefficient (Wildman–Crippen LogP) is 10.0. The van der Waals surface area contributed by atoms with Crippen LogP contribution in [-0.2, 0) is 0 Å². The monoisotopic (exact) mass is 544 g/mol. The Morgan fingerprint density at radius 3 is 1.25 bits per heavy atom. The standard InChI is InChI=1S/C36H48O4/c1-9-21(5)27-17-29(23(7)11-3)34(37)31(19-27)33(25-13-15-26(16-14-25)36(39)40)32-20-28(22(6)10-2)18-30(35(32)38)24(8)12-4/h13-24,33,37-38H,9-12H2,1-8H3,(H,39,40). The van der Waals surface area contributed by atoms with Crippen molar-refractivity contribution in [1.82, 2.24) is 0 Å². The summed E-state index contributed by atoms with van der Waals surface area (Å²) < 4.78 is 0. The van der Waals surface area contributed by atoms with E-state index in [1.807, 2.05) is 12.1 Å². The molecule has 3 N–H and O–H groups in total. The van der Waals surface area contributed by atoms with Gasteiger partial charge in [0.05, 0.1) is 5.56 Å². The molecule has 0 saturated heterocycles. The molecule has 3 aromatic rings. The molecule has 0 saturated carbocycles. The van der Waals surface area contributed by atoms with Crippen molar-refractivity contribution in [3.8, 4) is 11.5 Å². The average Bonchev–Trinajstić information content (AvgIpc) is 2.97. The number of carboxylic acid groups (broad SMARTS) is 1. The largest absolute Gasteiger partial charge is 0.507 e. The topological polar surface area (TPSA) is 77.8 Å². The van der Waals surface area contributed by atoms with E-state index in [-0.39, 0.29) is 28.9 Å². The van der Waals surface area contributed by atoms with Crippen LogP contribution in [0.25, 0.3) is 0 Å². The zero-order valence-corrected chi connectivity index (χ0v) is 25.6. The molecule has 0 bridgehead atoms. The molecule has 4 heteroatoms. The van der Waals surface area contributed by atoms with Crippen LogP contribution in [0, 0.1) is 0 Å². The fraction of sp³-hybridized carbons (Fsp3) is 0.472. The number of phenols is 2. The van der Waals surface area contributed by atoms with Gasteiger partial charge < -0.3 is 15.3 Å². The maximum Gasteiger partial charge on any atom is 0.335 e. The minimum absolute atomic E-state index is 0.161. The van der Waals surface area contributed by atoms with Crippen LogP contribution in [0.4, 0.5) is 0 Å². The fourth-order valence-corrected chi connectivity index (χ4v) is 5.42. The van der Waals surface area contributed by atoms with Crippen LogP contribution in [0.2, 0.25) is 0 Å². The number of rotatable bonds is 12. The molecule has 0 fully saturated rings. The van der Waals surface area contributed by atoms with E-state index in [1.54, 1.807) is 12.1 Å². The lowest BCUT2D eigenvalue weighted by Crippen LogP contribution is -2.11. The van der Waals surface area contributed by atoms with Crippen LogP contribution in [0.5, 0.6) is 11.5 Å². The molecule has 40 heavy (non-hydrogen) atoms. The molecule has 0 spiro atoms. The van der Waals surface area contributed by atoms with Crippen LogP contribution >= 0.6 is 0 Å². The van der Waals surface area contributed by atoms with Crippen molar-refractivity contribution in [1.29, 1.82) is 0 Å². The van der Waals surface area contributed by atoms with Gasteiger partial charge in [0, 0.05) is 17.0 Å². The van der Waals surface area contributed by atoms with Crippen LogP contribution in [0.15, 0.2) is 48.5 Å². The molecule has 0 radical (unpaired) electrons. The number of phenolic OH excluding ortho intramolecular Hbond substituents is 2. The lowest BCUT2D eigenvalue weighted by atomic mass is 9.77. The second-order valence-electron chi connectivity index (χ2n) is 11.7. The molecule has 0 aliphatic carbocycles. The molecule has 0 aliphatic heterocycles. The van der Waals surface area contributed by atoms with Crippen LogP contribution in [0.3, 0.4) is 0 Å². The first-order chi connectivity index (χ1) is 19.0. The molecule has 0 aliphatic rings. The quantitative estimate of drug-likeness (QED) is 0.198. The predicted molar refractivity (Wildman–Crippen MR) is 165 cm³/mol. The summed E-state index contributed by atoms with van der Waals surface area (Å²) in [7, 11) is 0. The van der Waals surface area contributed by atoms with Gasteiger partial charge in [-0.2, -0.15) is 0 Å². The van der Waals surface area contributed by atoms with E-state index in [4.69, 9.17) is 0 Å². The Morgan fingerprint density at radius 2 is 0.925 bits per heavy atom. The molecule has 4 unspecified atom stereocenters. The van der Waals surface area contributed by atoms with Crippen molar-refractivity contribution < 1.29 is 20.1 Å². The molecule has 3 rings (SSSR count). The van der Waals surface area contributed by atoms with Crippen molar-refractivity contribution in [2.45, 2.75) is 111 Å². The number of carbonyl (C=O) groups is 1. The van der Waals surface area contributed by atoms with Gasteiger partial charge in [-0.1, -0.05) is 91.8 Å². The lowest BCUT2D eigenvalue weighted by molar-refractivity contribution is 0.0697. The molecule has 0 amide bonds. The number of carboxylic acids is 1. The molecule has 0 aromatic heterocycles. The highest BCUT2D eigenvalue weighted by Gasteiger charge is 2.29. The van der Waals surface area contributed by atoms with Gasteiger partial charge in [-0.3, -0.25) is 0 Å². The van der Waals surface area contributed by atoms with E-state index in [2.05, 4.69) is 79.7 Å². The summed E-state index contributed by atoms with van der Waals surface area (Å²) in [6.45, 7) is 17.3. The van der Waals surface area contributed by atoms with Crippen LogP contribution < -0.4 is 0 Å². The van der Waals surface area contributed by atoms with E-state index < -0.39 is 11.9 Å². The van der Waals surface area contributed by atoms with Gasteiger partial charge in [-0.05, 0) is 89.3 Å². The zero-order valence-electron chi connectivity index (χ0n) is 25.6. The summed E-state index contributed by atoms with van der Waals surface area (Å²) >= 11 is 0. The molecule has 4 nitrogen and oxygen atoms in total. The smallest absolute Gasteiger partial charge is 0.335 e. The summed E-state index contributed by atoms with van der Waals surface area (Å²) in [5, 5.41) is 33.3. The normalized spacial score (nSPS) is 15.3. The molecule has 3 aromatic carbocycles. The van der Waals surface area contributed by atoms with Gasteiger partial charge in [0.15, 0.2) is 0 Å². The maximum absolute atomic E-state index is 11.9. The minimum Gasteiger partial charge on any atom is -0.507 e. The first-order valence-corrected chi connectivity index (χ1v) is 15.0. The highest BCUT2D eigenvalue weighted by molar-refractivity contribution is 5.87. The minimum atomic E-state index is -0.982. The summed E-state index contributed by atoms with van der Waals surface area (Å²) in [5.74, 6) is -0.0203. The van der Waals surface area contributed by atoms with Gasteiger partial charge in [0.2, 0.25) is 0 Å². The number of aromatic hydroxyl groups is 2. The fourth-order valence-electron chi connectivity index (χ4n) is 5.42. The third-order valence-electron chi connectivity index (χ3n) is 9.14. The number of benzene rings is 3. The van der Waals surface area contributed by atoms with Crippen molar-refractivity contribution in [2.24, 2.45) is 0 Å². The Kier molecular flexibility index (Phi) is 10.5. The SMILES string of the molecule is CCC(C)c1cc(C(C)CC)c(O)c(C(c2ccc(C(=O)O)cc2)c2cc(C(C)CC)cc(C(C)CC)c2O)c1. The molecule has 0 heterocycles. The summed E-state index contributed by atoms with van der Waals surface area (Å²) in [6.07, 6.45) is 3.72. The first kappa shape index (κ1) is 31.3. The van der Waals surface area contributed by atoms with Crippen LogP contribution in [-0.4, -0.2) is 21.3 Å². The van der Waals surface area contributed by atoms with E-state index in [0.29, 0.717) is 11.8 Å². The Bertz CT molecular complexity index is 1230. The second-order valence-corrected chi connectivity index (χ2v) is 11.7. The number of hydrogen-bond acceptors (Lipinski definition) is 3. The Labute approximate surface area is 241 Å². The van der Waals surface area contributed by atoms with Gasteiger partial charge in [-0.15, -0.1) is 0 Å². The van der Waals surface area contributed by atoms with Crippen molar-refractivity contribution in [3.05, 3.63) is 93.0 Å². The number of aromatic carboxylic acids is 1. The summed E-state index contributed by atoms with van der Waals surface area (Å²) in [5.41, 5.74) is 6.71. The van der Waals surface area contributed by atoms with Crippen molar-refractivity contribution >= 4 is 5.97 Å². The van der Waals surface area contributed by atoms with E-state index in [1.165, 1.54) is 0 Å². The maximum atomic E-state index is 11.9. The zero-order chi connectivity index (χ0) is 29.7. The molecule has 216 valence electrons. The van der Waals surface area contributed by atoms with Gasteiger partial charge in [-0.25, -0.2) is 4.79 Å². The molecule has 4 atom stereocenters. The third-order valence-corrected chi connectivity index (χ3v) is 9.14. The summed E-state index contributed by atoms with van der Waals surface area (Å²) in [6, 6.07) is 15.4. The van der Waals surface area contributed by atoms with E-state index in [9.17, 15) is 20.1 Å². The van der Waals surface area contributed by atoms with Gasteiger partial charge in [0.1, 0.15) is 11.5 Å². The highest BCUT2D eigenvalue weighted by Crippen LogP contribution is 2.48. The van der Waals surface area contributed by atoms with Gasteiger partial charge in [0.25, 0.3) is 0 Å². The first-order valence-electron chi connectivity index (χ1n) is 15.0. The van der Waals surface area contributed by atoms with Gasteiger partial charge >= 0.3 is 5.97 Å². The van der Waals surface area contributed by atoms with E-state index in [0.717, 1.165) is 64.6 Å². The number of hydrogen-bond donors (Lipinski definition) is 3. The Hall–Kier alpha value is -3.27. The highest BCUT2D eigenvalue weighted by atomic mass is 16.4. The van der Waals surface area contributed by atoms with Crippen LogP contribution in [0.1, 0.15) is 160 Å². The summed E-state index contributed by atoms with van der Waals surface area (Å²) in [4.78, 5) is 11.7. The Morgan fingerprint density at radius 1 is 0.575 bits per heavy atom.